The highest BCUT2D eigenvalue weighted by Gasteiger charge is 2.17. The first-order chi connectivity index (χ1) is 9.24. The van der Waals surface area contributed by atoms with Gasteiger partial charge in [-0.1, -0.05) is 0 Å². The van der Waals surface area contributed by atoms with E-state index < -0.39 is 9.84 Å². The van der Waals surface area contributed by atoms with E-state index in [0.29, 0.717) is 18.5 Å². The summed E-state index contributed by atoms with van der Waals surface area (Å²) in [6.45, 7) is 9.25. The topological polar surface area (TPSA) is 57.6 Å². The van der Waals surface area contributed by atoms with Crippen LogP contribution >= 0.6 is 12.4 Å². The van der Waals surface area contributed by atoms with Gasteiger partial charge < -0.3 is 5.11 Å². The molecule has 0 radical (unpaired) electrons. The molecule has 0 atom stereocenters. The van der Waals surface area contributed by atoms with Gasteiger partial charge in [0.25, 0.3) is 0 Å². The maximum absolute atomic E-state index is 12.2. The Balaban J connectivity index is 0.00000400. The van der Waals surface area contributed by atoms with Crippen LogP contribution in [0.4, 0.5) is 0 Å². The minimum Gasteiger partial charge on any atom is -0.508 e. The molecule has 0 aliphatic carbocycles. The highest BCUT2D eigenvalue weighted by atomic mass is 35.5. The number of rotatable bonds is 7. The average molecular weight is 336 g/mol. The molecular formula is C15H26ClNO3S. The molecule has 1 N–H and O–H groups in total. The van der Waals surface area contributed by atoms with E-state index in [4.69, 9.17) is 0 Å². The van der Waals surface area contributed by atoms with Gasteiger partial charge in [0.05, 0.1) is 10.6 Å². The molecule has 0 saturated heterocycles. The van der Waals surface area contributed by atoms with Gasteiger partial charge in [0.1, 0.15) is 5.75 Å². The second-order valence-corrected chi connectivity index (χ2v) is 7.70. The minimum absolute atomic E-state index is 0. The Labute approximate surface area is 134 Å². The summed E-state index contributed by atoms with van der Waals surface area (Å²) in [5.74, 6) is 0.211. The van der Waals surface area contributed by atoms with Crippen molar-refractivity contribution in [3.8, 4) is 5.75 Å². The zero-order valence-electron chi connectivity index (χ0n) is 13.1. The van der Waals surface area contributed by atoms with Gasteiger partial charge in [-0.2, -0.15) is 0 Å². The van der Waals surface area contributed by atoms with Gasteiger partial charge in [-0.05, 0) is 64.9 Å². The Bertz CT molecular complexity index is 504. The second-order valence-electron chi connectivity index (χ2n) is 5.59. The van der Waals surface area contributed by atoms with Gasteiger partial charge in [0.2, 0.25) is 0 Å². The monoisotopic (exact) mass is 335 g/mol. The molecule has 0 aliphatic heterocycles. The molecule has 0 fully saturated rings. The van der Waals surface area contributed by atoms with Crippen LogP contribution < -0.4 is 0 Å². The number of benzene rings is 1. The SMILES string of the molecule is CC(C)N(CCCS(=O)(=O)c1ccc(O)cc1)C(C)C.Cl. The number of aromatic hydroxyl groups is 1. The molecule has 1 rings (SSSR count). The van der Waals surface area contributed by atoms with Crippen molar-refractivity contribution in [1.29, 1.82) is 0 Å². The van der Waals surface area contributed by atoms with Crippen molar-refractivity contribution in [2.45, 2.75) is 51.1 Å². The smallest absolute Gasteiger partial charge is 0.178 e. The Morgan fingerprint density at radius 3 is 1.95 bits per heavy atom. The van der Waals surface area contributed by atoms with Crippen LogP contribution in [0.15, 0.2) is 29.2 Å². The third-order valence-corrected chi connectivity index (χ3v) is 5.17. The summed E-state index contributed by atoms with van der Waals surface area (Å²) < 4.78 is 24.3. The van der Waals surface area contributed by atoms with Crippen molar-refractivity contribution in [3.63, 3.8) is 0 Å². The molecule has 4 nitrogen and oxygen atoms in total. The first-order valence-electron chi connectivity index (χ1n) is 7.01. The van der Waals surface area contributed by atoms with Gasteiger partial charge in [-0.25, -0.2) is 8.42 Å². The molecule has 0 unspecified atom stereocenters. The Hall–Kier alpha value is -0.780. The Morgan fingerprint density at radius 2 is 1.52 bits per heavy atom. The van der Waals surface area contributed by atoms with Gasteiger partial charge in [0, 0.05) is 12.1 Å². The highest BCUT2D eigenvalue weighted by Crippen LogP contribution is 2.17. The number of phenolic OH excluding ortho intramolecular Hbond substituents is 1. The van der Waals surface area contributed by atoms with Gasteiger partial charge >= 0.3 is 0 Å². The fraction of sp³-hybridized carbons (Fsp3) is 0.600. The van der Waals surface area contributed by atoms with E-state index in [9.17, 15) is 13.5 Å². The molecule has 0 spiro atoms. The molecule has 0 aromatic heterocycles. The number of hydrogen-bond acceptors (Lipinski definition) is 4. The fourth-order valence-electron chi connectivity index (χ4n) is 2.32. The zero-order valence-corrected chi connectivity index (χ0v) is 14.7. The molecule has 6 heteroatoms. The zero-order chi connectivity index (χ0) is 15.3. The van der Waals surface area contributed by atoms with E-state index in [-0.39, 0.29) is 28.8 Å². The normalized spacial score (nSPS) is 12.0. The lowest BCUT2D eigenvalue weighted by atomic mass is 10.2. The summed E-state index contributed by atoms with van der Waals surface area (Å²) in [7, 11) is -3.26. The van der Waals surface area contributed by atoms with Crippen LogP contribution in [0.2, 0.25) is 0 Å². The molecule has 0 amide bonds. The van der Waals surface area contributed by atoms with Crippen LogP contribution in [0.3, 0.4) is 0 Å². The van der Waals surface area contributed by atoms with Crippen LogP contribution in [0.25, 0.3) is 0 Å². The quantitative estimate of drug-likeness (QED) is 0.831. The van der Waals surface area contributed by atoms with Crippen LogP contribution in [-0.4, -0.2) is 42.8 Å². The molecule has 0 aliphatic rings. The molecule has 1 aromatic rings. The number of nitrogens with zero attached hydrogens (tertiary/aromatic N) is 1. The Morgan fingerprint density at radius 1 is 1.05 bits per heavy atom. The molecule has 1 aromatic carbocycles. The Kier molecular flexibility index (Phi) is 8.29. The number of sulfone groups is 1. The lowest BCUT2D eigenvalue weighted by Gasteiger charge is -2.30. The first-order valence-corrected chi connectivity index (χ1v) is 8.67. The fourth-order valence-corrected chi connectivity index (χ4v) is 3.62. The van der Waals surface area contributed by atoms with Crippen LogP contribution in [-0.2, 0) is 9.84 Å². The molecule has 0 bridgehead atoms. The van der Waals surface area contributed by atoms with Crippen LogP contribution in [0.5, 0.6) is 5.75 Å². The third-order valence-electron chi connectivity index (χ3n) is 3.35. The summed E-state index contributed by atoms with van der Waals surface area (Å²) in [4.78, 5) is 2.56. The van der Waals surface area contributed by atoms with Crippen molar-refractivity contribution >= 4 is 22.2 Å². The lowest BCUT2D eigenvalue weighted by Crippen LogP contribution is -2.38. The maximum atomic E-state index is 12.2. The van der Waals surface area contributed by atoms with E-state index in [1.807, 2.05) is 0 Å². The van der Waals surface area contributed by atoms with E-state index in [2.05, 4.69) is 32.6 Å². The number of hydrogen-bond donors (Lipinski definition) is 1. The number of phenols is 1. The average Bonchev–Trinajstić information content (AvgIpc) is 2.34. The van der Waals surface area contributed by atoms with Crippen molar-refractivity contribution in [2.24, 2.45) is 0 Å². The van der Waals surface area contributed by atoms with E-state index >= 15 is 0 Å². The molecule has 0 heterocycles. The first kappa shape index (κ1) is 20.2. The second kappa shape index (κ2) is 8.61. The summed E-state index contributed by atoms with van der Waals surface area (Å²) in [6.07, 6.45) is 0.611. The largest absolute Gasteiger partial charge is 0.508 e. The summed E-state index contributed by atoms with van der Waals surface area (Å²) in [5, 5.41) is 9.19. The molecule has 21 heavy (non-hydrogen) atoms. The van der Waals surface area contributed by atoms with Gasteiger partial charge in [-0.3, -0.25) is 4.90 Å². The predicted octanol–water partition coefficient (Wildman–Crippen LogP) is 3.10. The molecular weight excluding hydrogens is 310 g/mol. The lowest BCUT2D eigenvalue weighted by molar-refractivity contribution is 0.176. The molecule has 0 saturated carbocycles. The molecule has 122 valence electrons. The van der Waals surface area contributed by atoms with Crippen molar-refractivity contribution in [2.75, 3.05) is 12.3 Å². The minimum atomic E-state index is -3.26. The van der Waals surface area contributed by atoms with E-state index in [1.165, 1.54) is 24.3 Å². The highest BCUT2D eigenvalue weighted by molar-refractivity contribution is 7.91. The summed E-state index contributed by atoms with van der Waals surface area (Å²) in [5.41, 5.74) is 0. The summed E-state index contributed by atoms with van der Waals surface area (Å²) in [6, 6.07) is 6.53. The number of halogens is 1. The van der Waals surface area contributed by atoms with Crippen molar-refractivity contribution in [1.82, 2.24) is 4.90 Å². The van der Waals surface area contributed by atoms with Gasteiger partial charge in [0.15, 0.2) is 9.84 Å². The van der Waals surface area contributed by atoms with Crippen molar-refractivity contribution in [3.05, 3.63) is 24.3 Å². The predicted molar refractivity (Wildman–Crippen MR) is 89.0 cm³/mol. The van der Waals surface area contributed by atoms with Gasteiger partial charge in [-0.15, -0.1) is 12.4 Å². The van der Waals surface area contributed by atoms with E-state index in [1.54, 1.807) is 0 Å². The summed E-state index contributed by atoms with van der Waals surface area (Å²) >= 11 is 0. The maximum Gasteiger partial charge on any atom is 0.178 e. The standard InChI is InChI=1S/C15H25NO3S.ClH/c1-12(2)16(13(3)4)10-5-11-20(18,19)15-8-6-14(17)7-9-15;/h6-9,12-13,17H,5,10-11H2,1-4H3;1H. The van der Waals surface area contributed by atoms with Crippen LogP contribution in [0.1, 0.15) is 34.1 Å². The third kappa shape index (κ3) is 6.24. The van der Waals surface area contributed by atoms with Crippen LogP contribution in [0, 0.1) is 0 Å². The van der Waals surface area contributed by atoms with Crippen molar-refractivity contribution < 1.29 is 13.5 Å². The van der Waals surface area contributed by atoms with E-state index in [0.717, 1.165) is 6.54 Å².